The van der Waals surface area contributed by atoms with Gasteiger partial charge in [0.25, 0.3) is 0 Å². The molecule has 2 aromatic carbocycles. The molecule has 0 aromatic heterocycles. The Labute approximate surface area is 128 Å². The van der Waals surface area contributed by atoms with Gasteiger partial charge in [-0.25, -0.2) is 0 Å². The Morgan fingerprint density at radius 3 is 2.43 bits per heavy atom. The van der Waals surface area contributed by atoms with Gasteiger partial charge in [0.2, 0.25) is 0 Å². The van der Waals surface area contributed by atoms with E-state index in [0.717, 1.165) is 12.8 Å². The van der Waals surface area contributed by atoms with Crippen LogP contribution in [0.2, 0.25) is 0 Å². The lowest BCUT2D eigenvalue weighted by molar-refractivity contribution is 0.754. The second-order valence-electron chi connectivity index (χ2n) is 6.34. The van der Waals surface area contributed by atoms with Crippen LogP contribution in [0.3, 0.4) is 0 Å². The first-order valence-corrected chi connectivity index (χ1v) is 8.11. The van der Waals surface area contributed by atoms with E-state index in [9.17, 15) is 0 Å². The number of benzene rings is 2. The van der Waals surface area contributed by atoms with Gasteiger partial charge in [0.1, 0.15) is 0 Å². The lowest BCUT2D eigenvalue weighted by Crippen LogP contribution is -1.96. The van der Waals surface area contributed by atoms with Gasteiger partial charge in [-0.15, -0.1) is 0 Å². The van der Waals surface area contributed by atoms with Crippen molar-refractivity contribution in [1.29, 1.82) is 0 Å². The minimum Gasteiger partial charge on any atom is -0.0651 e. The van der Waals surface area contributed by atoms with Crippen LogP contribution in [-0.4, -0.2) is 0 Å². The molecule has 0 bridgehead atoms. The fourth-order valence-electron chi connectivity index (χ4n) is 3.28. The lowest BCUT2D eigenvalue weighted by Gasteiger charge is -2.14. The third kappa shape index (κ3) is 2.68. The smallest absolute Gasteiger partial charge is 0.00550 e. The molecule has 1 aliphatic carbocycles. The fraction of sp³-hybridized carbons (Fsp3) is 0.333. The van der Waals surface area contributed by atoms with E-state index in [0.29, 0.717) is 5.92 Å². The van der Waals surface area contributed by atoms with Gasteiger partial charge >= 0.3 is 0 Å². The molecule has 0 saturated carbocycles. The second kappa shape index (κ2) is 5.89. The highest BCUT2D eigenvalue weighted by molar-refractivity contribution is 5.83. The molecule has 0 amide bonds. The van der Waals surface area contributed by atoms with E-state index in [4.69, 9.17) is 0 Å². The summed E-state index contributed by atoms with van der Waals surface area (Å²) in [6.45, 7) is 6.86. The maximum absolute atomic E-state index is 2.45. The Hall–Kier alpha value is -1.82. The lowest BCUT2D eigenvalue weighted by atomic mass is 9.90. The summed E-state index contributed by atoms with van der Waals surface area (Å²) in [6, 6.07) is 15.6. The first kappa shape index (κ1) is 14.1. The molecule has 0 fully saturated rings. The Morgan fingerprint density at radius 2 is 1.76 bits per heavy atom. The van der Waals surface area contributed by atoms with Gasteiger partial charge in [-0.3, -0.25) is 0 Å². The van der Waals surface area contributed by atoms with Gasteiger partial charge < -0.3 is 0 Å². The molecule has 0 unspecified atom stereocenters. The van der Waals surface area contributed by atoms with Crippen molar-refractivity contribution < 1.29 is 0 Å². The van der Waals surface area contributed by atoms with Crippen LogP contribution in [0.25, 0.3) is 17.2 Å². The highest BCUT2D eigenvalue weighted by Gasteiger charge is 2.20. The Bertz CT molecular complexity index is 660. The number of fused-ring (bicyclic) bond motifs is 1. The molecule has 0 saturated heterocycles. The van der Waals surface area contributed by atoms with Gasteiger partial charge in [0.05, 0.1) is 0 Å². The standard InChI is InChI=1S/C21H24/c1-4-8-16-11-12-18-13-19(15(2)3)14-20(18)21(16)17-9-6-5-7-10-17/h5-7,9-12,14-15H,4,8,13H2,1-3H3. The summed E-state index contributed by atoms with van der Waals surface area (Å²) in [5.41, 5.74) is 8.84. The Morgan fingerprint density at radius 1 is 1.00 bits per heavy atom. The van der Waals surface area contributed by atoms with Crippen LogP contribution < -0.4 is 0 Å². The predicted molar refractivity (Wildman–Crippen MR) is 92.4 cm³/mol. The van der Waals surface area contributed by atoms with Crippen LogP contribution >= 0.6 is 0 Å². The van der Waals surface area contributed by atoms with Crippen molar-refractivity contribution in [2.45, 2.75) is 40.0 Å². The molecule has 0 aliphatic heterocycles. The Balaban J connectivity index is 2.18. The number of allylic oxidation sites excluding steroid dienone is 1. The number of rotatable bonds is 4. The van der Waals surface area contributed by atoms with Crippen LogP contribution in [0, 0.1) is 5.92 Å². The van der Waals surface area contributed by atoms with E-state index in [1.807, 2.05) is 0 Å². The zero-order chi connectivity index (χ0) is 14.8. The summed E-state index contributed by atoms with van der Waals surface area (Å²) in [4.78, 5) is 0. The molecule has 0 nitrogen and oxygen atoms in total. The van der Waals surface area contributed by atoms with Gasteiger partial charge in [0.15, 0.2) is 0 Å². The first-order valence-electron chi connectivity index (χ1n) is 8.11. The van der Waals surface area contributed by atoms with Crippen molar-refractivity contribution >= 4 is 6.08 Å². The summed E-state index contributed by atoms with van der Waals surface area (Å²) >= 11 is 0. The molecule has 0 N–H and O–H groups in total. The molecule has 2 aromatic rings. The van der Waals surface area contributed by atoms with Crippen LogP contribution in [-0.2, 0) is 12.8 Å². The summed E-state index contributed by atoms with van der Waals surface area (Å²) in [6.07, 6.45) is 5.92. The SMILES string of the molecule is CCCc1ccc2c(c1-c1ccccc1)C=C(C(C)C)C2. The van der Waals surface area contributed by atoms with Crippen molar-refractivity contribution in [2.24, 2.45) is 5.92 Å². The predicted octanol–water partition coefficient (Wildman–Crippen LogP) is 5.90. The minimum atomic E-state index is 0.635. The molecule has 0 radical (unpaired) electrons. The van der Waals surface area contributed by atoms with Crippen molar-refractivity contribution in [2.75, 3.05) is 0 Å². The van der Waals surface area contributed by atoms with Crippen molar-refractivity contribution in [1.82, 2.24) is 0 Å². The topological polar surface area (TPSA) is 0 Å². The van der Waals surface area contributed by atoms with Crippen molar-refractivity contribution in [3.05, 3.63) is 64.7 Å². The molecule has 1 aliphatic rings. The van der Waals surface area contributed by atoms with Crippen LogP contribution in [0.5, 0.6) is 0 Å². The van der Waals surface area contributed by atoms with Gasteiger partial charge in [-0.2, -0.15) is 0 Å². The molecule has 108 valence electrons. The van der Waals surface area contributed by atoms with Crippen LogP contribution in [0.1, 0.15) is 43.9 Å². The summed E-state index contributed by atoms with van der Waals surface area (Å²) in [7, 11) is 0. The van der Waals surface area contributed by atoms with E-state index in [1.165, 1.54) is 34.2 Å². The molecule has 0 heterocycles. The minimum absolute atomic E-state index is 0.635. The van der Waals surface area contributed by atoms with E-state index in [-0.39, 0.29) is 0 Å². The molecular weight excluding hydrogens is 252 g/mol. The number of hydrogen-bond acceptors (Lipinski definition) is 0. The van der Waals surface area contributed by atoms with Gasteiger partial charge in [-0.05, 0) is 46.6 Å². The van der Waals surface area contributed by atoms with E-state index < -0.39 is 0 Å². The molecule has 0 spiro atoms. The highest BCUT2D eigenvalue weighted by atomic mass is 14.2. The number of aryl methyl sites for hydroxylation is 1. The molecule has 0 heteroatoms. The van der Waals surface area contributed by atoms with Gasteiger partial charge in [0, 0.05) is 0 Å². The fourth-order valence-corrected chi connectivity index (χ4v) is 3.28. The van der Waals surface area contributed by atoms with E-state index >= 15 is 0 Å². The molecule has 0 atom stereocenters. The average Bonchev–Trinajstić information content (AvgIpc) is 2.92. The van der Waals surface area contributed by atoms with Crippen LogP contribution in [0.15, 0.2) is 48.0 Å². The summed E-state index contributed by atoms with van der Waals surface area (Å²) in [5.74, 6) is 0.635. The third-order valence-corrected chi connectivity index (χ3v) is 4.47. The normalized spacial score (nSPS) is 13.4. The largest absolute Gasteiger partial charge is 0.0651 e. The second-order valence-corrected chi connectivity index (χ2v) is 6.34. The maximum Gasteiger partial charge on any atom is -0.00550 e. The maximum atomic E-state index is 2.45. The summed E-state index contributed by atoms with van der Waals surface area (Å²) < 4.78 is 0. The van der Waals surface area contributed by atoms with E-state index in [2.05, 4.69) is 69.3 Å². The zero-order valence-corrected chi connectivity index (χ0v) is 13.3. The molecular formula is C21H24. The van der Waals surface area contributed by atoms with Gasteiger partial charge in [-0.1, -0.05) is 81.3 Å². The monoisotopic (exact) mass is 276 g/mol. The van der Waals surface area contributed by atoms with E-state index in [1.54, 1.807) is 5.57 Å². The van der Waals surface area contributed by atoms with Crippen LogP contribution in [0.4, 0.5) is 0 Å². The zero-order valence-electron chi connectivity index (χ0n) is 13.3. The number of hydrogen-bond donors (Lipinski definition) is 0. The first-order chi connectivity index (χ1) is 10.2. The molecule has 21 heavy (non-hydrogen) atoms. The third-order valence-electron chi connectivity index (χ3n) is 4.47. The van der Waals surface area contributed by atoms with Crippen molar-refractivity contribution in [3.8, 4) is 11.1 Å². The average molecular weight is 276 g/mol. The quantitative estimate of drug-likeness (QED) is 0.652. The Kier molecular flexibility index (Phi) is 3.96. The highest BCUT2D eigenvalue weighted by Crippen LogP contribution is 2.38. The summed E-state index contributed by atoms with van der Waals surface area (Å²) in [5, 5.41) is 0. The molecule has 3 rings (SSSR count). The van der Waals surface area contributed by atoms with Crippen molar-refractivity contribution in [3.63, 3.8) is 0 Å².